The van der Waals surface area contributed by atoms with Crippen molar-refractivity contribution in [2.24, 2.45) is 35.5 Å². The molecule has 0 bridgehead atoms. The third kappa shape index (κ3) is 13.4. The van der Waals surface area contributed by atoms with E-state index in [0.29, 0.717) is 50.7 Å². The van der Waals surface area contributed by atoms with Gasteiger partial charge in [-0.3, -0.25) is 0 Å². The molecule has 2 fully saturated rings. The first-order chi connectivity index (χ1) is 27.2. The molecule has 0 amide bonds. The van der Waals surface area contributed by atoms with Crippen LogP contribution < -0.4 is 19.6 Å². The molecular formula is C46H72Cl2N4O4Pd. The summed E-state index contributed by atoms with van der Waals surface area (Å²) in [5.41, 5.74) is 10.0. The molecule has 2 aliphatic heterocycles. The Morgan fingerprint density at radius 2 is 0.912 bits per heavy atom. The molecule has 2 heterocycles. The summed E-state index contributed by atoms with van der Waals surface area (Å²) >= 11 is -0.106. The molecule has 4 aliphatic rings. The van der Waals surface area contributed by atoms with Gasteiger partial charge in [0.1, 0.15) is 13.5 Å². The van der Waals surface area contributed by atoms with Gasteiger partial charge in [0.2, 0.25) is 13.3 Å². The minimum atomic E-state index is -0.106. The summed E-state index contributed by atoms with van der Waals surface area (Å²) in [6.07, 6.45) is 8.28. The van der Waals surface area contributed by atoms with Crippen LogP contribution in [0.4, 0.5) is 22.7 Å². The van der Waals surface area contributed by atoms with Gasteiger partial charge in [-0.05, 0) is 148 Å². The van der Waals surface area contributed by atoms with Gasteiger partial charge in [0.25, 0.3) is 0 Å². The first-order valence-corrected chi connectivity index (χ1v) is 25.1. The average Bonchev–Trinajstić information content (AvgIpc) is 3.68. The molecule has 4 radical (unpaired) electrons. The molecule has 2 aliphatic carbocycles. The van der Waals surface area contributed by atoms with E-state index in [1.165, 1.54) is 83.5 Å². The summed E-state index contributed by atoms with van der Waals surface area (Å²) in [7, 11) is 13.1. The second-order valence-electron chi connectivity index (χ2n) is 17.5. The van der Waals surface area contributed by atoms with E-state index in [-0.39, 0.29) is 15.9 Å². The van der Waals surface area contributed by atoms with E-state index in [1.54, 1.807) is 14.2 Å². The fraction of sp³-hybridized carbons (Fsp3) is 0.696. The van der Waals surface area contributed by atoms with Crippen molar-refractivity contribution >= 4 is 41.8 Å². The van der Waals surface area contributed by atoms with Crippen molar-refractivity contribution in [3.8, 4) is 0 Å². The third-order valence-electron chi connectivity index (χ3n) is 12.9. The standard InChI is InChI=1S/2C23H36N2O2.2ClH.Pd/c2*1-16(2)20-8-7-17(3)23(13-20)27-15-25-14-24(9-10-26-6)21-11-18(4)19(5)12-22(21)25;;;/h2*11-12,16-17,20,23H,7-10,13,15H2,1-6H3;2*1H;/q;;;;+2/p-2/t2*17-,20+,23-;;;/m00.../s1. The molecule has 324 valence electrons. The number of halogens is 2. The Kier molecular flexibility index (Phi) is 20.1. The number of hydrogen-bond donors (Lipinski definition) is 0. The van der Waals surface area contributed by atoms with Crippen LogP contribution >= 0.6 is 19.1 Å². The van der Waals surface area contributed by atoms with Crippen LogP contribution in [0.3, 0.4) is 0 Å². The second kappa shape index (κ2) is 23.6. The van der Waals surface area contributed by atoms with Crippen molar-refractivity contribution < 1.29 is 34.9 Å². The maximum absolute atomic E-state index is 6.44. The molecule has 0 N–H and O–H groups in total. The molecule has 0 spiro atoms. The number of ether oxygens (including phenoxy) is 4. The molecule has 0 aromatic heterocycles. The molecule has 0 saturated heterocycles. The Morgan fingerprint density at radius 1 is 0.596 bits per heavy atom. The SMILES string of the molecule is COCCN1[C]N(CO[C@H]2C[C@H](C(C)C)CC[C@@H]2C)c2cc(C)c(C)cc21.COCCN1[C]N(CO[C@H]2C[C@H](C(C)C)CC[C@@H]2C)c2cc(C)c(C)cc21.[Cl][Pd][Cl]. The zero-order chi connectivity index (χ0) is 41.8. The van der Waals surface area contributed by atoms with E-state index >= 15 is 0 Å². The van der Waals surface area contributed by atoms with Crippen LogP contribution in [0.2, 0.25) is 0 Å². The van der Waals surface area contributed by atoms with Crippen LogP contribution in [-0.2, 0) is 34.9 Å². The second-order valence-corrected chi connectivity index (χ2v) is 19.9. The van der Waals surface area contributed by atoms with Crippen LogP contribution in [0, 0.1) is 76.5 Å². The monoisotopic (exact) mass is 920 g/mol. The number of hydrogen-bond acceptors (Lipinski definition) is 8. The van der Waals surface area contributed by atoms with Crippen molar-refractivity contribution in [3.05, 3.63) is 59.9 Å². The summed E-state index contributed by atoms with van der Waals surface area (Å²) in [6, 6.07) is 9.03. The van der Waals surface area contributed by atoms with Crippen LogP contribution in [0.5, 0.6) is 0 Å². The fourth-order valence-electron chi connectivity index (χ4n) is 8.48. The average molecular weight is 922 g/mol. The third-order valence-corrected chi connectivity index (χ3v) is 12.9. The van der Waals surface area contributed by atoms with Crippen molar-refractivity contribution in [2.45, 2.75) is 120 Å². The number of fused-ring (bicyclic) bond motifs is 2. The summed E-state index contributed by atoms with van der Waals surface area (Å²) in [6.45, 7) is 33.8. The van der Waals surface area contributed by atoms with Gasteiger partial charge in [-0.15, -0.1) is 0 Å². The quantitative estimate of drug-likeness (QED) is 0.174. The normalized spacial score (nSPS) is 24.4. The van der Waals surface area contributed by atoms with Gasteiger partial charge in [-0.25, -0.2) is 0 Å². The maximum atomic E-state index is 6.44. The molecule has 57 heavy (non-hydrogen) atoms. The summed E-state index contributed by atoms with van der Waals surface area (Å²) < 4.78 is 23.4. The van der Waals surface area contributed by atoms with Crippen LogP contribution in [0.25, 0.3) is 0 Å². The zero-order valence-electron chi connectivity index (χ0n) is 36.9. The van der Waals surface area contributed by atoms with Gasteiger partial charge in [0.05, 0.1) is 48.2 Å². The number of anilines is 4. The number of methoxy groups -OCH3 is 2. The molecule has 2 aromatic rings. The van der Waals surface area contributed by atoms with E-state index in [4.69, 9.17) is 38.0 Å². The Hall–Kier alpha value is -1.28. The molecule has 11 heteroatoms. The van der Waals surface area contributed by atoms with Gasteiger partial charge >= 0.3 is 35.0 Å². The van der Waals surface area contributed by atoms with Gasteiger partial charge < -0.3 is 38.5 Å². The van der Waals surface area contributed by atoms with Crippen molar-refractivity contribution in [1.29, 1.82) is 0 Å². The van der Waals surface area contributed by atoms with Gasteiger partial charge in [0.15, 0.2) is 0 Å². The van der Waals surface area contributed by atoms with Gasteiger partial charge in [0, 0.05) is 27.3 Å². The predicted molar refractivity (Wildman–Crippen MR) is 236 cm³/mol. The topological polar surface area (TPSA) is 49.9 Å². The number of benzene rings is 2. The van der Waals surface area contributed by atoms with Crippen LogP contribution in [0.15, 0.2) is 24.3 Å². The molecular weight excluding hydrogens is 850 g/mol. The Balaban J connectivity index is 0.000000236. The first kappa shape index (κ1) is 48.4. The van der Waals surface area contributed by atoms with E-state index in [1.807, 2.05) is 0 Å². The first-order valence-electron chi connectivity index (χ1n) is 21.1. The van der Waals surface area contributed by atoms with Crippen molar-refractivity contribution in [2.75, 3.05) is 73.6 Å². The minimum absolute atomic E-state index is 0.106. The summed E-state index contributed by atoms with van der Waals surface area (Å²) in [5, 5.41) is 0. The van der Waals surface area contributed by atoms with E-state index in [2.05, 4.69) is 126 Å². The van der Waals surface area contributed by atoms with Crippen molar-refractivity contribution in [3.63, 3.8) is 0 Å². The van der Waals surface area contributed by atoms with Gasteiger partial charge in [-0.2, -0.15) is 0 Å². The number of aryl methyl sites for hydroxylation is 4. The Morgan fingerprint density at radius 3 is 1.21 bits per heavy atom. The van der Waals surface area contributed by atoms with E-state index in [0.717, 1.165) is 36.8 Å². The fourth-order valence-corrected chi connectivity index (χ4v) is 8.48. The Labute approximate surface area is 363 Å². The predicted octanol–water partition coefficient (Wildman–Crippen LogP) is 11.4. The van der Waals surface area contributed by atoms with Crippen LogP contribution in [0.1, 0.15) is 102 Å². The van der Waals surface area contributed by atoms with Crippen LogP contribution in [-0.4, -0.2) is 66.2 Å². The summed E-state index contributed by atoms with van der Waals surface area (Å²) in [4.78, 5) is 8.61. The molecule has 2 aromatic carbocycles. The van der Waals surface area contributed by atoms with Crippen molar-refractivity contribution in [1.82, 2.24) is 0 Å². The van der Waals surface area contributed by atoms with E-state index in [9.17, 15) is 0 Å². The zero-order valence-corrected chi connectivity index (χ0v) is 40.0. The van der Waals surface area contributed by atoms with E-state index < -0.39 is 0 Å². The molecule has 0 unspecified atom stereocenters. The summed E-state index contributed by atoms with van der Waals surface area (Å²) in [5.74, 6) is 4.31. The number of rotatable bonds is 14. The molecule has 6 rings (SSSR count). The van der Waals surface area contributed by atoms with Gasteiger partial charge in [-0.1, -0.05) is 41.5 Å². The number of nitrogens with zero attached hydrogens (tertiary/aromatic N) is 4. The molecule has 6 atom stereocenters. The molecule has 8 nitrogen and oxygen atoms in total. The Bertz CT molecular complexity index is 1410. The molecule has 2 saturated carbocycles.